The van der Waals surface area contributed by atoms with Gasteiger partial charge in [-0.1, -0.05) is 24.3 Å². The maximum Gasteiger partial charge on any atom is 0.303 e. The highest BCUT2D eigenvalue weighted by molar-refractivity contribution is 7.86. The summed E-state index contributed by atoms with van der Waals surface area (Å²) in [5, 5.41) is 9.29. The predicted octanol–water partition coefficient (Wildman–Crippen LogP) is 5.47. The highest BCUT2D eigenvalue weighted by Crippen LogP contribution is 2.51. The number of allylic oxidation sites excluding steroid dienone is 4. The molecule has 12 heteroatoms. The Balaban J connectivity index is 1.82. The standard InChI is InChI=1S/C32H40N2O8S2/c1-5-33-26-13-8-7-12-24(26)31(3,19-10-16-30(35)36)28(33)14-9-15-29-32(4,20-11-21-43(37,38)39)25-22-23(44(40,41)42)17-18-27(25)34(29)6-2/h7-9,12-15,17-18,22H,5-6,10-11,16,19-21H2,1-4H3,(H2-,35,36,37,38,39,40,41,42)/p+1. The number of carbonyl (C=O) groups is 1. The van der Waals surface area contributed by atoms with E-state index in [0.717, 1.165) is 28.3 Å². The lowest BCUT2D eigenvalue weighted by atomic mass is 9.75. The molecule has 0 amide bonds. The van der Waals surface area contributed by atoms with Crippen LogP contribution in [-0.4, -0.2) is 66.1 Å². The van der Waals surface area contributed by atoms with E-state index < -0.39 is 42.8 Å². The number of hydrogen-bond donors (Lipinski definition) is 3. The maximum atomic E-state index is 12.0. The molecule has 2 heterocycles. The largest absolute Gasteiger partial charge is 0.481 e. The Bertz CT molecular complexity index is 1760. The first-order valence-corrected chi connectivity index (χ1v) is 17.8. The zero-order valence-corrected chi connectivity index (χ0v) is 27.2. The van der Waals surface area contributed by atoms with Crippen LogP contribution in [0.3, 0.4) is 0 Å². The topological polar surface area (TPSA) is 152 Å². The Morgan fingerprint density at radius 3 is 2.25 bits per heavy atom. The van der Waals surface area contributed by atoms with Gasteiger partial charge in [-0.15, -0.1) is 0 Å². The minimum atomic E-state index is -4.48. The third-order valence-corrected chi connectivity index (χ3v) is 10.6. The molecule has 2 atom stereocenters. The summed E-state index contributed by atoms with van der Waals surface area (Å²) in [6.07, 6.45) is 7.57. The van der Waals surface area contributed by atoms with Crippen LogP contribution in [0.25, 0.3) is 0 Å². The Morgan fingerprint density at radius 1 is 0.955 bits per heavy atom. The van der Waals surface area contributed by atoms with E-state index in [1.807, 2.05) is 49.1 Å². The molecule has 2 aromatic rings. The molecule has 0 radical (unpaired) electrons. The third kappa shape index (κ3) is 6.53. The van der Waals surface area contributed by atoms with Crippen LogP contribution in [0, 0.1) is 0 Å². The second kappa shape index (κ2) is 12.6. The van der Waals surface area contributed by atoms with Gasteiger partial charge < -0.3 is 10.0 Å². The molecule has 2 aromatic carbocycles. The van der Waals surface area contributed by atoms with E-state index in [1.165, 1.54) is 12.1 Å². The zero-order valence-electron chi connectivity index (χ0n) is 25.5. The molecule has 238 valence electrons. The van der Waals surface area contributed by atoms with Gasteiger partial charge in [0.25, 0.3) is 20.2 Å². The molecule has 2 aliphatic heterocycles. The lowest BCUT2D eigenvalue weighted by Gasteiger charge is -2.30. The van der Waals surface area contributed by atoms with Crippen molar-refractivity contribution in [3.8, 4) is 0 Å². The van der Waals surface area contributed by atoms with Crippen LogP contribution in [0.1, 0.15) is 70.9 Å². The van der Waals surface area contributed by atoms with Crippen LogP contribution in [0.4, 0.5) is 11.4 Å². The summed E-state index contributed by atoms with van der Waals surface area (Å²) >= 11 is 0. The van der Waals surface area contributed by atoms with Crippen molar-refractivity contribution in [3.63, 3.8) is 0 Å². The van der Waals surface area contributed by atoms with E-state index in [9.17, 15) is 35.8 Å². The average molecular weight is 646 g/mol. The van der Waals surface area contributed by atoms with Gasteiger partial charge in [0.05, 0.1) is 16.1 Å². The molecule has 0 saturated carbocycles. The molecule has 4 rings (SSSR count). The Morgan fingerprint density at radius 2 is 1.64 bits per heavy atom. The van der Waals surface area contributed by atoms with Crippen LogP contribution < -0.4 is 4.90 Å². The lowest BCUT2D eigenvalue weighted by molar-refractivity contribution is -0.433. The molecule has 44 heavy (non-hydrogen) atoms. The van der Waals surface area contributed by atoms with E-state index in [1.54, 1.807) is 6.07 Å². The lowest BCUT2D eigenvalue weighted by Crippen LogP contribution is -2.31. The van der Waals surface area contributed by atoms with Crippen molar-refractivity contribution >= 4 is 43.3 Å². The number of hydrogen-bond acceptors (Lipinski definition) is 6. The predicted molar refractivity (Wildman–Crippen MR) is 170 cm³/mol. The highest BCUT2D eigenvalue weighted by Gasteiger charge is 2.47. The molecular formula is C32H41N2O8S2+. The monoisotopic (exact) mass is 645 g/mol. The van der Waals surface area contributed by atoms with Crippen LogP contribution in [0.15, 0.2) is 71.3 Å². The first-order valence-electron chi connectivity index (χ1n) is 14.8. The minimum Gasteiger partial charge on any atom is -0.481 e. The van der Waals surface area contributed by atoms with E-state index in [-0.39, 0.29) is 17.7 Å². The number of benzene rings is 2. The normalized spacial score (nSPS) is 22.7. The van der Waals surface area contributed by atoms with E-state index in [4.69, 9.17) is 0 Å². The number of aliphatic carboxylic acids is 1. The van der Waals surface area contributed by atoms with Gasteiger partial charge in [0, 0.05) is 47.5 Å². The molecule has 2 unspecified atom stereocenters. The summed E-state index contributed by atoms with van der Waals surface area (Å²) in [6.45, 7) is 9.32. The fourth-order valence-corrected chi connectivity index (χ4v) is 7.86. The summed E-state index contributed by atoms with van der Waals surface area (Å²) in [5.74, 6) is -1.28. The van der Waals surface area contributed by atoms with Gasteiger partial charge in [-0.05, 0) is 83.2 Å². The molecule has 0 saturated heterocycles. The van der Waals surface area contributed by atoms with Crippen LogP contribution in [0.2, 0.25) is 0 Å². The van der Waals surface area contributed by atoms with Gasteiger partial charge in [-0.25, -0.2) is 0 Å². The van der Waals surface area contributed by atoms with Crippen molar-refractivity contribution in [3.05, 3.63) is 77.5 Å². The number of para-hydroxylation sites is 1. The SMILES string of the molecule is CCN1C(=CC=CC2=[N+](CC)c3ccccc3C2(C)CCCC(=O)O)C(C)(CCCS(=O)(=O)O)c2cc(S(=O)(=O)O)ccc21. The van der Waals surface area contributed by atoms with Crippen molar-refractivity contribution in [2.24, 2.45) is 0 Å². The number of fused-ring (bicyclic) bond motifs is 2. The summed E-state index contributed by atoms with van der Waals surface area (Å²) in [4.78, 5) is 13.1. The number of nitrogens with zero attached hydrogens (tertiary/aromatic N) is 2. The first-order chi connectivity index (χ1) is 20.6. The Labute approximate surface area is 259 Å². The summed E-state index contributed by atoms with van der Waals surface area (Å²) < 4.78 is 68.6. The molecule has 0 aliphatic carbocycles. The van der Waals surface area contributed by atoms with Crippen LogP contribution >= 0.6 is 0 Å². The molecule has 10 nitrogen and oxygen atoms in total. The number of carboxylic acids is 1. The Kier molecular flexibility index (Phi) is 9.60. The van der Waals surface area contributed by atoms with Crippen LogP contribution in [0.5, 0.6) is 0 Å². The van der Waals surface area contributed by atoms with Crippen molar-refractivity contribution in [2.45, 2.75) is 75.5 Å². The van der Waals surface area contributed by atoms with E-state index in [0.29, 0.717) is 37.9 Å². The highest BCUT2D eigenvalue weighted by atomic mass is 32.2. The number of likely N-dealkylation sites (N-methyl/N-ethyl adjacent to an activating group) is 1. The number of anilines is 1. The zero-order chi connectivity index (χ0) is 32.5. The van der Waals surface area contributed by atoms with Crippen molar-refractivity contribution in [1.29, 1.82) is 0 Å². The van der Waals surface area contributed by atoms with Crippen molar-refractivity contribution in [1.82, 2.24) is 0 Å². The smallest absolute Gasteiger partial charge is 0.303 e. The maximum absolute atomic E-state index is 12.0. The number of carboxylic acid groups (broad SMARTS) is 1. The van der Waals surface area contributed by atoms with Crippen molar-refractivity contribution in [2.75, 3.05) is 23.7 Å². The van der Waals surface area contributed by atoms with Crippen LogP contribution in [-0.2, 0) is 35.9 Å². The number of rotatable bonds is 13. The second-order valence-corrected chi connectivity index (χ2v) is 14.8. The van der Waals surface area contributed by atoms with Gasteiger partial charge in [-0.2, -0.15) is 21.4 Å². The summed E-state index contributed by atoms with van der Waals surface area (Å²) in [6, 6.07) is 12.6. The van der Waals surface area contributed by atoms with Gasteiger partial charge in [-0.3, -0.25) is 13.9 Å². The third-order valence-electron chi connectivity index (χ3n) is 8.94. The second-order valence-electron chi connectivity index (χ2n) is 11.8. The summed E-state index contributed by atoms with van der Waals surface area (Å²) in [5.41, 5.74) is 4.20. The molecule has 0 aromatic heterocycles. The fourth-order valence-electron chi connectivity index (χ4n) is 6.85. The van der Waals surface area contributed by atoms with E-state index >= 15 is 0 Å². The minimum absolute atomic E-state index is 0.0715. The molecular weight excluding hydrogens is 604 g/mol. The molecule has 0 fully saturated rings. The fraction of sp³-hybridized carbons (Fsp3) is 0.438. The van der Waals surface area contributed by atoms with Gasteiger partial charge >= 0.3 is 5.97 Å². The Hall–Kier alpha value is -3.32. The van der Waals surface area contributed by atoms with Gasteiger partial charge in [0.15, 0.2) is 5.71 Å². The molecule has 3 N–H and O–H groups in total. The quantitative estimate of drug-likeness (QED) is 0.190. The van der Waals surface area contributed by atoms with Crippen molar-refractivity contribution < 1.29 is 40.4 Å². The van der Waals surface area contributed by atoms with E-state index in [2.05, 4.69) is 30.6 Å². The molecule has 0 bridgehead atoms. The summed E-state index contributed by atoms with van der Waals surface area (Å²) in [7, 11) is -8.69. The molecule has 2 aliphatic rings. The molecule has 0 spiro atoms. The van der Waals surface area contributed by atoms with Gasteiger partial charge in [0.1, 0.15) is 6.54 Å². The first kappa shape index (κ1) is 33.6. The van der Waals surface area contributed by atoms with Gasteiger partial charge in [0.2, 0.25) is 5.69 Å². The average Bonchev–Trinajstić information content (AvgIpc) is 3.32.